The second kappa shape index (κ2) is 7.33. The average Bonchev–Trinajstić information content (AvgIpc) is 3.05. The summed E-state index contributed by atoms with van der Waals surface area (Å²) in [4.78, 5) is 16.8. The van der Waals surface area contributed by atoms with Crippen LogP contribution in [0.1, 0.15) is 15.2 Å². The van der Waals surface area contributed by atoms with E-state index in [-0.39, 0.29) is 18.3 Å². The second-order valence-electron chi connectivity index (χ2n) is 4.87. The minimum Gasteiger partial charge on any atom is -0.508 e. The molecule has 2 heterocycles. The third-order valence-electron chi connectivity index (χ3n) is 3.17. The molecule has 3 rings (SSSR count). The zero-order chi connectivity index (χ0) is 16.9. The van der Waals surface area contributed by atoms with Crippen molar-refractivity contribution in [3.05, 3.63) is 69.6 Å². The highest BCUT2D eigenvalue weighted by Crippen LogP contribution is 2.28. The first-order chi connectivity index (χ1) is 11.6. The number of halogens is 1. The van der Waals surface area contributed by atoms with Gasteiger partial charge in [0, 0.05) is 16.8 Å². The molecule has 5 nitrogen and oxygen atoms in total. The zero-order valence-corrected chi connectivity index (χ0v) is 14.0. The highest BCUT2D eigenvalue weighted by Gasteiger charge is 2.15. The van der Waals surface area contributed by atoms with Gasteiger partial charge in [-0.3, -0.25) is 9.78 Å². The van der Waals surface area contributed by atoms with Crippen molar-refractivity contribution < 1.29 is 14.6 Å². The van der Waals surface area contributed by atoms with Gasteiger partial charge in [-0.1, -0.05) is 11.6 Å². The lowest BCUT2D eigenvalue weighted by atomic mass is 10.2. The molecule has 0 saturated carbocycles. The van der Waals surface area contributed by atoms with Crippen molar-refractivity contribution in [3.63, 3.8) is 0 Å². The predicted molar refractivity (Wildman–Crippen MR) is 94.0 cm³/mol. The van der Waals surface area contributed by atoms with Gasteiger partial charge in [-0.25, -0.2) is 0 Å². The standard InChI is InChI=1S/C17H13ClN2O3S/c18-14-4-3-13(21)8-11(14)10-23-15-5-7-24-16(15)17(22)20-12-2-1-6-19-9-12/h1-9,21H,10H2,(H,20,22). The summed E-state index contributed by atoms with van der Waals surface area (Å²) >= 11 is 7.35. The highest BCUT2D eigenvalue weighted by atomic mass is 35.5. The van der Waals surface area contributed by atoms with E-state index in [4.69, 9.17) is 16.3 Å². The molecule has 0 radical (unpaired) electrons. The number of carbonyl (C=O) groups excluding carboxylic acids is 1. The predicted octanol–water partition coefficient (Wildman–Crippen LogP) is 4.33. The van der Waals surface area contributed by atoms with E-state index in [0.29, 0.717) is 26.9 Å². The molecular weight excluding hydrogens is 348 g/mol. The molecule has 0 fully saturated rings. The molecule has 2 N–H and O–H groups in total. The molecule has 0 saturated heterocycles. The molecule has 3 aromatic rings. The van der Waals surface area contributed by atoms with E-state index in [0.717, 1.165) is 0 Å². The molecule has 0 aliphatic rings. The smallest absolute Gasteiger partial charge is 0.269 e. The Balaban J connectivity index is 1.71. The normalized spacial score (nSPS) is 10.4. The number of phenolic OH excluding ortho intramolecular Hbond substituents is 1. The van der Waals surface area contributed by atoms with E-state index in [1.165, 1.54) is 23.5 Å². The van der Waals surface area contributed by atoms with Gasteiger partial charge < -0.3 is 15.2 Å². The maximum Gasteiger partial charge on any atom is 0.269 e. The summed E-state index contributed by atoms with van der Waals surface area (Å²) in [6, 6.07) is 9.85. The minimum atomic E-state index is -0.269. The van der Waals surface area contributed by atoms with Crippen LogP contribution < -0.4 is 10.1 Å². The number of phenols is 1. The number of carbonyl (C=O) groups is 1. The summed E-state index contributed by atoms with van der Waals surface area (Å²) in [5, 5.41) is 14.6. The number of hydrogen-bond acceptors (Lipinski definition) is 5. The van der Waals surface area contributed by atoms with Crippen molar-refractivity contribution in [1.82, 2.24) is 4.98 Å². The van der Waals surface area contributed by atoms with Crippen LogP contribution in [0, 0.1) is 0 Å². The van der Waals surface area contributed by atoms with Crippen LogP contribution in [-0.2, 0) is 6.61 Å². The Labute approximate surface area is 147 Å². The molecule has 122 valence electrons. The maximum atomic E-state index is 12.4. The van der Waals surface area contributed by atoms with Crippen LogP contribution in [0.5, 0.6) is 11.5 Å². The van der Waals surface area contributed by atoms with Gasteiger partial charge in [0.15, 0.2) is 0 Å². The number of pyridine rings is 1. The quantitative estimate of drug-likeness (QED) is 0.710. The molecule has 0 bridgehead atoms. The van der Waals surface area contributed by atoms with Gasteiger partial charge >= 0.3 is 0 Å². The van der Waals surface area contributed by atoms with Crippen molar-refractivity contribution in [2.24, 2.45) is 0 Å². The average molecular weight is 361 g/mol. The van der Waals surface area contributed by atoms with Crippen LogP contribution >= 0.6 is 22.9 Å². The Hall–Kier alpha value is -2.57. The van der Waals surface area contributed by atoms with E-state index >= 15 is 0 Å². The van der Waals surface area contributed by atoms with Gasteiger partial charge in [0.25, 0.3) is 5.91 Å². The minimum absolute atomic E-state index is 0.109. The number of nitrogens with zero attached hydrogens (tertiary/aromatic N) is 1. The van der Waals surface area contributed by atoms with Crippen LogP contribution in [0.2, 0.25) is 5.02 Å². The number of anilines is 1. The Morgan fingerprint density at radius 2 is 2.21 bits per heavy atom. The van der Waals surface area contributed by atoms with Crippen LogP contribution in [0.15, 0.2) is 54.2 Å². The third-order valence-corrected chi connectivity index (χ3v) is 4.43. The van der Waals surface area contributed by atoms with Crippen molar-refractivity contribution >= 4 is 34.5 Å². The Morgan fingerprint density at radius 1 is 1.33 bits per heavy atom. The van der Waals surface area contributed by atoms with E-state index in [1.807, 2.05) is 0 Å². The summed E-state index contributed by atoms with van der Waals surface area (Å²) in [6.07, 6.45) is 3.20. The topological polar surface area (TPSA) is 71.5 Å². The number of amides is 1. The van der Waals surface area contributed by atoms with E-state index < -0.39 is 0 Å². The van der Waals surface area contributed by atoms with Crippen molar-refractivity contribution in [1.29, 1.82) is 0 Å². The maximum absolute atomic E-state index is 12.4. The van der Waals surface area contributed by atoms with Gasteiger partial charge in [-0.2, -0.15) is 0 Å². The first kappa shape index (κ1) is 16.3. The molecule has 24 heavy (non-hydrogen) atoms. The summed E-state index contributed by atoms with van der Waals surface area (Å²) < 4.78 is 5.70. The Kier molecular flexibility index (Phi) is 4.98. The molecule has 0 spiro atoms. The van der Waals surface area contributed by atoms with E-state index in [2.05, 4.69) is 10.3 Å². The van der Waals surface area contributed by atoms with Crippen molar-refractivity contribution in [3.8, 4) is 11.5 Å². The number of ether oxygens (including phenoxy) is 1. The molecule has 0 unspecified atom stereocenters. The van der Waals surface area contributed by atoms with Gasteiger partial charge in [0.2, 0.25) is 0 Å². The summed E-state index contributed by atoms with van der Waals surface area (Å²) in [5.74, 6) is 0.300. The monoisotopic (exact) mass is 360 g/mol. The fourth-order valence-electron chi connectivity index (χ4n) is 2.03. The lowest BCUT2D eigenvalue weighted by Gasteiger charge is -2.09. The van der Waals surface area contributed by atoms with Gasteiger partial charge in [-0.15, -0.1) is 11.3 Å². The lowest BCUT2D eigenvalue weighted by Crippen LogP contribution is -2.11. The summed E-state index contributed by atoms with van der Waals surface area (Å²) in [7, 11) is 0. The number of aromatic hydroxyl groups is 1. The Morgan fingerprint density at radius 3 is 3.00 bits per heavy atom. The van der Waals surface area contributed by atoms with E-state index in [1.54, 1.807) is 42.0 Å². The first-order valence-electron chi connectivity index (χ1n) is 7.02. The molecule has 1 amide bonds. The van der Waals surface area contributed by atoms with Gasteiger partial charge in [-0.05, 0) is 41.8 Å². The third kappa shape index (κ3) is 3.84. The zero-order valence-electron chi connectivity index (χ0n) is 12.4. The fourth-order valence-corrected chi connectivity index (χ4v) is 2.93. The van der Waals surface area contributed by atoms with Crippen LogP contribution in [-0.4, -0.2) is 16.0 Å². The molecule has 1 aromatic carbocycles. The molecule has 0 atom stereocenters. The number of nitrogens with one attached hydrogen (secondary N) is 1. The largest absolute Gasteiger partial charge is 0.508 e. The number of rotatable bonds is 5. The number of benzene rings is 1. The first-order valence-corrected chi connectivity index (χ1v) is 8.28. The SMILES string of the molecule is O=C(Nc1cccnc1)c1sccc1OCc1cc(O)ccc1Cl. The van der Waals surface area contributed by atoms with Crippen LogP contribution in [0.25, 0.3) is 0 Å². The summed E-state index contributed by atoms with van der Waals surface area (Å²) in [5.41, 5.74) is 1.25. The van der Waals surface area contributed by atoms with Crippen molar-refractivity contribution in [2.45, 2.75) is 6.61 Å². The molecular formula is C17H13ClN2O3S. The fraction of sp³-hybridized carbons (Fsp3) is 0.0588. The number of thiophene rings is 1. The van der Waals surface area contributed by atoms with Crippen molar-refractivity contribution in [2.75, 3.05) is 5.32 Å². The molecule has 2 aromatic heterocycles. The molecule has 0 aliphatic carbocycles. The molecule has 7 heteroatoms. The van der Waals surface area contributed by atoms with E-state index in [9.17, 15) is 9.90 Å². The van der Waals surface area contributed by atoms with Gasteiger partial charge in [0.05, 0.1) is 11.9 Å². The molecule has 0 aliphatic heterocycles. The highest BCUT2D eigenvalue weighted by molar-refractivity contribution is 7.12. The Bertz CT molecular complexity index is 852. The number of aromatic nitrogens is 1. The summed E-state index contributed by atoms with van der Waals surface area (Å²) in [6.45, 7) is 0.150. The van der Waals surface area contributed by atoms with Crippen LogP contribution in [0.3, 0.4) is 0 Å². The number of hydrogen-bond donors (Lipinski definition) is 2. The second-order valence-corrected chi connectivity index (χ2v) is 6.20. The lowest BCUT2D eigenvalue weighted by molar-refractivity contribution is 0.102. The van der Waals surface area contributed by atoms with Crippen LogP contribution in [0.4, 0.5) is 5.69 Å². The van der Waals surface area contributed by atoms with Gasteiger partial charge in [0.1, 0.15) is 23.0 Å².